The molecule has 0 aliphatic rings. The average Bonchev–Trinajstić information content (AvgIpc) is 3.32. The fraction of sp³-hybridized carbons (Fsp3) is 0.111. The number of benzene rings is 3. The van der Waals surface area contributed by atoms with Gasteiger partial charge in [0.2, 0.25) is 0 Å². The summed E-state index contributed by atoms with van der Waals surface area (Å²) >= 11 is 7.36. The van der Waals surface area contributed by atoms with Gasteiger partial charge >= 0.3 is 0 Å². The number of hydrazone groups is 1. The molecule has 0 spiro atoms. The van der Waals surface area contributed by atoms with E-state index in [1.54, 1.807) is 25.5 Å². The molecular weight excluding hydrogens is 494 g/mol. The van der Waals surface area contributed by atoms with Crippen LogP contribution in [0.25, 0.3) is 23.2 Å². The summed E-state index contributed by atoms with van der Waals surface area (Å²) in [6.07, 6.45) is 3.60. The highest BCUT2D eigenvalue weighted by molar-refractivity contribution is 7.99. The van der Waals surface area contributed by atoms with Crippen LogP contribution in [-0.4, -0.2) is 39.7 Å². The van der Waals surface area contributed by atoms with Crippen molar-refractivity contribution in [3.8, 4) is 22.8 Å². The van der Waals surface area contributed by atoms with E-state index in [1.807, 2.05) is 84.3 Å². The van der Waals surface area contributed by atoms with Gasteiger partial charge in [0.25, 0.3) is 5.91 Å². The lowest BCUT2D eigenvalue weighted by Gasteiger charge is -2.11. The zero-order valence-corrected chi connectivity index (χ0v) is 21.3. The molecule has 1 aromatic heterocycles. The molecule has 0 saturated carbocycles. The topological polar surface area (TPSA) is 81.4 Å². The lowest BCUT2D eigenvalue weighted by atomic mass is 10.1. The summed E-state index contributed by atoms with van der Waals surface area (Å²) < 4.78 is 7.15. The number of aromatic nitrogens is 3. The average molecular weight is 518 g/mol. The lowest BCUT2D eigenvalue weighted by Crippen LogP contribution is -2.20. The minimum Gasteiger partial charge on any atom is -0.497 e. The molecule has 0 aliphatic heterocycles. The Kier molecular flexibility index (Phi) is 8.54. The number of hydrogen-bond acceptors (Lipinski definition) is 6. The first-order chi connectivity index (χ1) is 17.5. The van der Waals surface area contributed by atoms with Crippen LogP contribution in [0, 0.1) is 0 Å². The van der Waals surface area contributed by atoms with Gasteiger partial charge < -0.3 is 4.74 Å². The third kappa shape index (κ3) is 6.62. The van der Waals surface area contributed by atoms with Crippen molar-refractivity contribution >= 4 is 41.6 Å². The molecule has 0 atom stereocenters. The highest BCUT2D eigenvalue weighted by Gasteiger charge is 2.17. The molecule has 1 heterocycles. The fourth-order valence-corrected chi connectivity index (χ4v) is 4.20. The van der Waals surface area contributed by atoms with Crippen LogP contribution in [0.1, 0.15) is 12.5 Å². The maximum absolute atomic E-state index is 12.4. The Morgan fingerprint density at radius 2 is 1.78 bits per heavy atom. The van der Waals surface area contributed by atoms with Crippen molar-refractivity contribution < 1.29 is 9.53 Å². The Bertz CT molecular complexity index is 1370. The highest BCUT2D eigenvalue weighted by atomic mass is 35.5. The van der Waals surface area contributed by atoms with Gasteiger partial charge in [0, 0.05) is 16.3 Å². The molecule has 0 radical (unpaired) electrons. The van der Waals surface area contributed by atoms with Crippen molar-refractivity contribution in [2.45, 2.75) is 12.1 Å². The second-order valence-electron chi connectivity index (χ2n) is 7.73. The standard InChI is InChI=1S/C27H24ClN5O2S/c1-19(16-20-6-4-3-5-7-20)17-29-30-25(34)18-36-27-32-31-26(21-8-14-24(35-2)15-9-21)33(27)23-12-10-22(28)11-13-23/h3-17H,18H2,1-2H3,(H,30,34). The fourth-order valence-electron chi connectivity index (χ4n) is 3.33. The number of carbonyl (C=O) groups excluding carboxylic acids is 1. The maximum Gasteiger partial charge on any atom is 0.250 e. The normalized spacial score (nSPS) is 11.6. The number of methoxy groups -OCH3 is 1. The van der Waals surface area contributed by atoms with E-state index in [-0.39, 0.29) is 11.7 Å². The molecule has 4 rings (SSSR count). The zero-order valence-electron chi connectivity index (χ0n) is 19.8. The summed E-state index contributed by atoms with van der Waals surface area (Å²) in [6.45, 7) is 1.92. The molecular formula is C27H24ClN5O2S. The van der Waals surface area contributed by atoms with Crippen molar-refractivity contribution in [3.63, 3.8) is 0 Å². The Morgan fingerprint density at radius 3 is 2.47 bits per heavy atom. The van der Waals surface area contributed by atoms with Crippen LogP contribution in [0.5, 0.6) is 5.75 Å². The Labute approximate surface area is 218 Å². The molecule has 1 amide bonds. The molecule has 0 fully saturated rings. The van der Waals surface area contributed by atoms with Crippen molar-refractivity contribution in [2.24, 2.45) is 5.10 Å². The summed E-state index contributed by atoms with van der Waals surface area (Å²) in [5, 5.41) is 14.0. The molecule has 9 heteroatoms. The van der Waals surface area contributed by atoms with Crippen LogP contribution in [0.4, 0.5) is 0 Å². The molecule has 0 bridgehead atoms. The summed E-state index contributed by atoms with van der Waals surface area (Å²) in [5.41, 5.74) is 6.24. The minimum atomic E-state index is -0.250. The molecule has 0 aliphatic carbocycles. The number of rotatable bonds is 9. The van der Waals surface area contributed by atoms with Gasteiger partial charge in [-0.05, 0) is 66.6 Å². The summed E-state index contributed by atoms with van der Waals surface area (Å²) in [6, 6.07) is 24.8. The number of carbonyl (C=O) groups is 1. The first-order valence-electron chi connectivity index (χ1n) is 11.1. The maximum atomic E-state index is 12.4. The second kappa shape index (κ2) is 12.2. The SMILES string of the molecule is COc1ccc(-c2nnc(SCC(=O)NN=CC(C)=Cc3ccccc3)n2-c2ccc(Cl)cc2)cc1. The summed E-state index contributed by atoms with van der Waals surface area (Å²) in [4.78, 5) is 12.4. The van der Waals surface area contributed by atoms with Gasteiger partial charge in [0.15, 0.2) is 11.0 Å². The predicted octanol–water partition coefficient (Wildman–Crippen LogP) is 5.89. The molecule has 0 unspecified atom stereocenters. The van der Waals surface area contributed by atoms with Gasteiger partial charge in [-0.15, -0.1) is 10.2 Å². The number of hydrogen-bond donors (Lipinski definition) is 1. The quantitative estimate of drug-likeness (QED) is 0.170. The van der Waals surface area contributed by atoms with Crippen LogP contribution in [0.15, 0.2) is 94.7 Å². The number of amides is 1. The first-order valence-corrected chi connectivity index (χ1v) is 12.4. The van der Waals surface area contributed by atoms with E-state index < -0.39 is 0 Å². The van der Waals surface area contributed by atoms with Crippen molar-refractivity contribution in [1.82, 2.24) is 20.2 Å². The van der Waals surface area contributed by atoms with Crippen molar-refractivity contribution in [1.29, 1.82) is 0 Å². The van der Waals surface area contributed by atoms with Gasteiger partial charge in [-0.25, -0.2) is 5.43 Å². The number of thioether (sulfide) groups is 1. The lowest BCUT2D eigenvalue weighted by molar-refractivity contribution is -0.118. The van der Waals surface area contributed by atoms with Gasteiger partial charge in [0.1, 0.15) is 5.75 Å². The van der Waals surface area contributed by atoms with Crippen LogP contribution in [-0.2, 0) is 4.79 Å². The minimum absolute atomic E-state index is 0.118. The van der Waals surface area contributed by atoms with Gasteiger partial charge in [0.05, 0.1) is 19.1 Å². The molecule has 7 nitrogen and oxygen atoms in total. The van der Waals surface area contributed by atoms with E-state index in [1.165, 1.54) is 11.8 Å². The highest BCUT2D eigenvalue weighted by Crippen LogP contribution is 2.29. The number of nitrogens with one attached hydrogen (secondary N) is 1. The first kappa shape index (κ1) is 25.2. The van der Waals surface area contributed by atoms with E-state index in [2.05, 4.69) is 20.7 Å². The van der Waals surface area contributed by atoms with E-state index in [9.17, 15) is 4.79 Å². The monoisotopic (exact) mass is 517 g/mol. The molecule has 3 aromatic carbocycles. The van der Waals surface area contributed by atoms with Crippen LogP contribution >= 0.6 is 23.4 Å². The third-order valence-electron chi connectivity index (χ3n) is 5.05. The number of nitrogens with zero attached hydrogens (tertiary/aromatic N) is 4. The second-order valence-corrected chi connectivity index (χ2v) is 9.11. The van der Waals surface area contributed by atoms with Crippen LogP contribution in [0.2, 0.25) is 5.02 Å². The Balaban J connectivity index is 1.47. The number of allylic oxidation sites excluding steroid dienone is 1. The summed E-state index contributed by atoms with van der Waals surface area (Å²) in [7, 11) is 1.62. The van der Waals surface area contributed by atoms with Crippen LogP contribution < -0.4 is 10.2 Å². The molecule has 182 valence electrons. The van der Waals surface area contributed by atoms with Gasteiger partial charge in [-0.3, -0.25) is 9.36 Å². The van der Waals surface area contributed by atoms with Crippen molar-refractivity contribution in [3.05, 3.63) is 95.0 Å². The summed E-state index contributed by atoms with van der Waals surface area (Å²) in [5.74, 6) is 1.26. The Hall–Kier alpha value is -3.88. The van der Waals surface area contributed by atoms with Crippen LogP contribution in [0.3, 0.4) is 0 Å². The van der Waals surface area contributed by atoms with E-state index in [4.69, 9.17) is 16.3 Å². The largest absolute Gasteiger partial charge is 0.497 e. The third-order valence-corrected chi connectivity index (χ3v) is 6.23. The molecule has 36 heavy (non-hydrogen) atoms. The van der Waals surface area contributed by atoms with Gasteiger partial charge in [-0.1, -0.05) is 59.8 Å². The smallest absolute Gasteiger partial charge is 0.250 e. The van der Waals surface area contributed by atoms with Gasteiger partial charge in [-0.2, -0.15) is 5.10 Å². The number of halogens is 1. The molecule has 0 saturated heterocycles. The number of ether oxygens (including phenoxy) is 1. The van der Waals surface area contributed by atoms with E-state index in [0.717, 1.165) is 28.1 Å². The Morgan fingerprint density at radius 1 is 1.06 bits per heavy atom. The predicted molar refractivity (Wildman–Crippen MR) is 146 cm³/mol. The zero-order chi connectivity index (χ0) is 25.3. The van der Waals surface area contributed by atoms with Crippen molar-refractivity contribution in [2.75, 3.05) is 12.9 Å². The van der Waals surface area contributed by atoms with E-state index in [0.29, 0.717) is 16.0 Å². The molecule has 4 aromatic rings. The van der Waals surface area contributed by atoms with E-state index >= 15 is 0 Å². The molecule has 1 N–H and O–H groups in total.